The normalized spacial score (nSPS) is 17.4. The molecule has 2 aromatic rings. The van der Waals surface area contributed by atoms with Crippen LogP contribution in [-0.4, -0.2) is 45.8 Å². The second-order valence-corrected chi connectivity index (χ2v) is 6.72. The SMILES string of the molecule is O=C(Nc1ccnn1Cc1ccc(Cl)cc1)[C@@H]1CC(=O)N(CC(F)(F)F)C1. The number of alkyl halides is 3. The number of anilines is 1. The molecule has 0 aliphatic carbocycles. The summed E-state index contributed by atoms with van der Waals surface area (Å²) >= 11 is 5.85. The molecule has 0 saturated carbocycles. The predicted octanol–water partition coefficient (Wildman–Crippen LogP) is 2.93. The van der Waals surface area contributed by atoms with Crippen molar-refractivity contribution in [3.05, 3.63) is 47.1 Å². The molecule has 0 spiro atoms. The minimum absolute atomic E-state index is 0.243. The summed E-state index contributed by atoms with van der Waals surface area (Å²) in [6.07, 6.45) is -3.23. The number of nitrogens with zero attached hydrogens (tertiary/aromatic N) is 3. The van der Waals surface area contributed by atoms with Crippen LogP contribution in [-0.2, 0) is 16.1 Å². The highest BCUT2D eigenvalue weighted by atomic mass is 35.5. The van der Waals surface area contributed by atoms with Gasteiger partial charge < -0.3 is 10.2 Å². The zero-order chi connectivity index (χ0) is 19.6. The van der Waals surface area contributed by atoms with E-state index in [2.05, 4.69) is 10.4 Å². The van der Waals surface area contributed by atoms with Gasteiger partial charge in [-0.1, -0.05) is 23.7 Å². The Kier molecular flexibility index (Phi) is 5.41. The third kappa shape index (κ3) is 5.00. The van der Waals surface area contributed by atoms with Crippen molar-refractivity contribution in [3.63, 3.8) is 0 Å². The first kappa shape index (κ1) is 19.2. The molecule has 1 aliphatic heterocycles. The fourth-order valence-electron chi connectivity index (χ4n) is 2.87. The van der Waals surface area contributed by atoms with Crippen molar-refractivity contribution >= 4 is 29.2 Å². The van der Waals surface area contributed by atoms with Gasteiger partial charge >= 0.3 is 6.18 Å². The number of aromatic nitrogens is 2. The van der Waals surface area contributed by atoms with Gasteiger partial charge in [-0.25, -0.2) is 4.68 Å². The molecule has 2 amide bonds. The Bertz CT molecular complexity index is 835. The first-order valence-electron chi connectivity index (χ1n) is 8.13. The van der Waals surface area contributed by atoms with Crippen LogP contribution in [0.2, 0.25) is 5.02 Å². The number of benzene rings is 1. The van der Waals surface area contributed by atoms with Gasteiger partial charge in [-0.3, -0.25) is 9.59 Å². The van der Waals surface area contributed by atoms with E-state index >= 15 is 0 Å². The Balaban J connectivity index is 1.63. The number of hydrogen-bond acceptors (Lipinski definition) is 3. The first-order chi connectivity index (χ1) is 12.7. The maximum absolute atomic E-state index is 12.5. The fourth-order valence-corrected chi connectivity index (χ4v) is 3.00. The van der Waals surface area contributed by atoms with Crippen LogP contribution in [0, 0.1) is 5.92 Å². The minimum Gasteiger partial charge on any atom is -0.333 e. The van der Waals surface area contributed by atoms with Gasteiger partial charge in [-0.15, -0.1) is 0 Å². The summed E-state index contributed by atoms with van der Waals surface area (Å²) in [6.45, 7) is -1.22. The molecule has 1 aliphatic rings. The summed E-state index contributed by atoms with van der Waals surface area (Å²) in [5, 5.41) is 7.38. The molecule has 1 aromatic heterocycles. The van der Waals surface area contributed by atoms with E-state index in [1.807, 2.05) is 12.1 Å². The van der Waals surface area contributed by atoms with E-state index in [0.29, 0.717) is 22.3 Å². The quantitative estimate of drug-likeness (QED) is 0.839. The summed E-state index contributed by atoms with van der Waals surface area (Å²) in [5.41, 5.74) is 0.908. The van der Waals surface area contributed by atoms with Crippen molar-refractivity contribution in [2.45, 2.75) is 19.1 Å². The Hall–Kier alpha value is -2.55. The summed E-state index contributed by atoms with van der Waals surface area (Å²) < 4.78 is 39.0. The number of hydrogen-bond donors (Lipinski definition) is 1. The molecule has 27 heavy (non-hydrogen) atoms. The third-order valence-corrected chi connectivity index (χ3v) is 4.42. The van der Waals surface area contributed by atoms with E-state index < -0.39 is 30.5 Å². The lowest BCUT2D eigenvalue weighted by molar-refractivity contribution is -0.157. The second-order valence-electron chi connectivity index (χ2n) is 6.28. The van der Waals surface area contributed by atoms with Crippen LogP contribution in [0.4, 0.5) is 19.0 Å². The van der Waals surface area contributed by atoms with Crippen LogP contribution in [0.3, 0.4) is 0 Å². The molecule has 0 bridgehead atoms. The summed E-state index contributed by atoms with van der Waals surface area (Å²) in [7, 11) is 0. The molecule has 6 nitrogen and oxygen atoms in total. The van der Waals surface area contributed by atoms with E-state index in [-0.39, 0.29) is 13.0 Å². The number of carbonyl (C=O) groups excluding carboxylic acids is 2. The van der Waals surface area contributed by atoms with Gasteiger partial charge in [0.15, 0.2) is 0 Å². The number of likely N-dealkylation sites (tertiary alicyclic amines) is 1. The Morgan fingerprint density at radius 1 is 1.26 bits per heavy atom. The number of nitrogens with one attached hydrogen (secondary N) is 1. The summed E-state index contributed by atoms with van der Waals surface area (Å²) in [6, 6.07) is 8.69. The molecule has 1 aromatic carbocycles. The lowest BCUT2D eigenvalue weighted by atomic mass is 10.1. The molecule has 1 atom stereocenters. The first-order valence-corrected chi connectivity index (χ1v) is 8.51. The zero-order valence-corrected chi connectivity index (χ0v) is 14.8. The fraction of sp³-hybridized carbons (Fsp3) is 0.353. The van der Waals surface area contributed by atoms with E-state index in [4.69, 9.17) is 11.6 Å². The average molecular weight is 401 g/mol. The molecule has 144 valence electrons. The molecular weight excluding hydrogens is 385 g/mol. The van der Waals surface area contributed by atoms with Gasteiger partial charge in [0.2, 0.25) is 11.8 Å². The number of halogens is 4. The van der Waals surface area contributed by atoms with Crippen LogP contribution < -0.4 is 5.32 Å². The van der Waals surface area contributed by atoms with Gasteiger partial charge in [0.1, 0.15) is 12.4 Å². The molecule has 1 fully saturated rings. The van der Waals surface area contributed by atoms with Crippen LogP contribution in [0.5, 0.6) is 0 Å². The van der Waals surface area contributed by atoms with E-state index in [1.54, 1.807) is 22.9 Å². The Labute approximate surface area is 157 Å². The highest BCUT2D eigenvalue weighted by molar-refractivity contribution is 6.30. The van der Waals surface area contributed by atoms with E-state index in [1.165, 1.54) is 6.20 Å². The van der Waals surface area contributed by atoms with Gasteiger partial charge in [0.05, 0.1) is 18.7 Å². The highest BCUT2D eigenvalue weighted by Gasteiger charge is 2.40. The van der Waals surface area contributed by atoms with Gasteiger partial charge in [-0.05, 0) is 17.7 Å². The molecule has 1 N–H and O–H groups in total. The van der Waals surface area contributed by atoms with E-state index in [9.17, 15) is 22.8 Å². The molecule has 0 radical (unpaired) electrons. The monoisotopic (exact) mass is 400 g/mol. The topological polar surface area (TPSA) is 67.2 Å². The molecule has 1 saturated heterocycles. The molecule has 0 unspecified atom stereocenters. The van der Waals surface area contributed by atoms with Crippen LogP contribution in [0.1, 0.15) is 12.0 Å². The van der Waals surface area contributed by atoms with Crippen molar-refractivity contribution < 1.29 is 22.8 Å². The lowest BCUT2D eigenvalue weighted by Gasteiger charge is -2.18. The maximum Gasteiger partial charge on any atom is 0.406 e. The van der Waals surface area contributed by atoms with Crippen molar-refractivity contribution in [2.24, 2.45) is 5.92 Å². The van der Waals surface area contributed by atoms with Crippen molar-refractivity contribution in [3.8, 4) is 0 Å². The van der Waals surface area contributed by atoms with Crippen LogP contribution >= 0.6 is 11.6 Å². The molecule has 3 rings (SSSR count). The summed E-state index contributed by atoms with van der Waals surface area (Å²) in [5.74, 6) is -1.62. The van der Waals surface area contributed by atoms with Crippen molar-refractivity contribution in [1.82, 2.24) is 14.7 Å². The molecule has 2 heterocycles. The standard InChI is InChI=1S/C17H16ClF3N4O2/c18-13-3-1-11(2-4-13)8-25-14(5-6-22-25)23-16(27)12-7-15(26)24(9-12)10-17(19,20)21/h1-6,12H,7-10H2,(H,23,27)/t12-/m1/s1. The van der Waals surface area contributed by atoms with Gasteiger partial charge in [0.25, 0.3) is 0 Å². The Morgan fingerprint density at radius 2 is 1.96 bits per heavy atom. The van der Waals surface area contributed by atoms with E-state index in [0.717, 1.165) is 5.56 Å². The highest BCUT2D eigenvalue weighted by Crippen LogP contribution is 2.25. The Morgan fingerprint density at radius 3 is 2.63 bits per heavy atom. The number of rotatable bonds is 5. The molecule has 10 heteroatoms. The molecular formula is C17H16ClF3N4O2. The largest absolute Gasteiger partial charge is 0.406 e. The predicted molar refractivity (Wildman–Crippen MR) is 92.2 cm³/mol. The zero-order valence-electron chi connectivity index (χ0n) is 14.0. The number of carbonyl (C=O) groups is 2. The van der Waals surface area contributed by atoms with Gasteiger partial charge in [0, 0.05) is 24.1 Å². The van der Waals surface area contributed by atoms with Crippen molar-refractivity contribution in [1.29, 1.82) is 0 Å². The second kappa shape index (κ2) is 7.59. The number of amides is 2. The van der Waals surface area contributed by atoms with Gasteiger partial charge in [-0.2, -0.15) is 18.3 Å². The lowest BCUT2D eigenvalue weighted by Crippen LogP contribution is -2.36. The van der Waals surface area contributed by atoms with Crippen LogP contribution in [0.15, 0.2) is 36.5 Å². The van der Waals surface area contributed by atoms with Crippen LogP contribution in [0.25, 0.3) is 0 Å². The maximum atomic E-state index is 12.5. The third-order valence-electron chi connectivity index (χ3n) is 4.17. The average Bonchev–Trinajstić information content (AvgIpc) is 3.15. The minimum atomic E-state index is -4.49. The smallest absolute Gasteiger partial charge is 0.333 e. The summed E-state index contributed by atoms with van der Waals surface area (Å²) in [4.78, 5) is 24.8. The van der Waals surface area contributed by atoms with Crippen molar-refractivity contribution in [2.75, 3.05) is 18.4 Å².